The lowest BCUT2D eigenvalue weighted by molar-refractivity contribution is -0.387. The fourth-order valence-electron chi connectivity index (χ4n) is 3.32. The van der Waals surface area contributed by atoms with Gasteiger partial charge in [-0.3, -0.25) is 24.5 Å². The molecule has 3 aromatic rings. The molecule has 0 bridgehead atoms. The van der Waals surface area contributed by atoms with E-state index in [1.54, 1.807) is 54.6 Å². The summed E-state index contributed by atoms with van der Waals surface area (Å²) in [6.07, 6.45) is 1.37. The molecule has 1 aliphatic rings. The molecule has 0 radical (unpaired) electrons. The number of amides is 1. The normalized spacial score (nSPS) is 12.4. The number of allylic oxidation sites excluding steroid dienone is 1. The van der Waals surface area contributed by atoms with Crippen LogP contribution in [0.5, 0.6) is 0 Å². The Morgan fingerprint density at radius 3 is 2.19 bits per heavy atom. The molecule has 0 heterocycles. The van der Waals surface area contributed by atoms with Gasteiger partial charge in [-0.1, -0.05) is 48.5 Å². The molecule has 8 heteroatoms. The van der Waals surface area contributed by atoms with Crippen LogP contribution in [-0.2, 0) is 4.79 Å². The highest BCUT2D eigenvalue weighted by molar-refractivity contribution is 8.00. The number of para-hydroxylation sites is 1. The van der Waals surface area contributed by atoms with Crippen LogP contribution in [0.2, 0.25) is 0 Å². The van der Waals surface area contributed by atoms with E-state index in [0.29, 0.717) is 27.3 Å². The second-order valence-corrected chi connectivity index (χ2v) is 7.97. The number of benzene rings is 3. The number of nitro groups is 1. The molecular weight excluding hydrogens is 428 g/mol. The van der Waals surface area contributed by atoms with E-state index in [1.165, 1.54) is 18.2 Å². The molecule has 0 aromatic heterocycles. The Balaban J connectivity index is 1.53. The van der Waals surface area contributed by atoms with Crippen LogP contribution in [0, 0.1) is 10.1 Å². The van der Waals surface area contributed by atoms with Crippen LogP contribution in [0.25, 0.3) is 6.08 Å². The summed E-state index contributed by atoms with van der Waals surface area (Å²) in [7, 11) is 0. The molecule has 1 N–H and O–H groups in total. The first-order valence-corrected chi connectivity index (χ1v) is 10.6. The number of carbonyl (C=O) groups is 3. The minimum Gasteiger partial charge on any atom is -0.325 e. The maximum atomic E-state index is 12.6. The van der Waals surface area contributed by atoms with Crippen molar-refractivity contribution in [2.24, 2.45) is 0 Å². The van der Waals surface area contributed by atoms with E-state index in [-0.39, 0.29) is 22.9 Å². The van der Waals surface area contributed by atoms with E-state index in [1.807, 2.05) is 6.07 Å². The average molecular weight is 444 g/mol. The Morgan fingerprint density at radius 2 is 1.56 bits per heavy atom. The third-order valence-corrected chi connectivity index (χ3v) is 5.88. The first kappa shape index (κ1) is 21.2. The molecule has 3 aromatic carbocycles. The van der Waals surface area contributed by atoms with Gasteiger partial charge in [0, 0.05) is 22.9 Å². The van der Waals surface area contributed by atoms with Crippen LogP contribution < -0.4 is 5.32 Å². The standard InChI is InChI=1S/C24H16N2O5S/c27-22(25-16-6-2-1-3-7-16)14-32-21-11-10-15(13-20(21)26(30)31)12-19-23(28)17-8-4-5-9-18(17)24(19)29/h1-13H,14H2,(H,25,27). The van der Waals surface area contributed by atoms with Gasteiger partial charge in [-0.15, -0.1) is 11.8 Å². The number of ketones is 2. The maximum absolute atomic E-state index is 12.6. The first-order chi connectivity index (χ1) is 15.4. The number of thioether (sulfide) groups is 1. The number of rotatable bonds is 6. The number of Topliss-reactive ketones (excluding diaryl/α,β-unsaturated/α-hetero) is 2. The van der Waals surface area contributed by atoms with Crippen molar-refractivity contribution < 1.29 is 19.3 Å². The summed E-state index contributed by atoms with van der Waals surface area (Å²) in [4.78, 5) is 48.6. The molecule has 1 aliphatic carbocycles. The van der Waals surface area contributed by atoms with Crippen molar-refractivity contribution in [2.45, 2.75) is 4.90 Å². The quantitative estimate of drug-likeness (QED) is 0.193. The van der Waals surface area contributed by atoms with E-state index in [0.717, 1.165) is 11.8 Å². The Morgan fingerprint density at radius 1 is 0.938 bits per heavy atom. The summed E-state index contributed by atoms with van der Waals surface area (Å²) in [5.74, 6) is -1.10. The summed E-state index contributed by atoms with van der Waals surface area (Å²) in [6.45, 7) is 0. The summed E-state index contributed by atoms with van der Waals surface area (Å²) in [5, 5.41) is 14.3. The lowest BCUT2D eigenvalue weighted by Gasteiger charge is -2.06. The monoisotopic (exact) mass is 444 g/mol. The lowest BCUT2D eigenvalue weighted by Crippen LogP contribution is -2.13. The number of hydrogen-bond acceptors (Lipinski definition) is 6. The van der Waals surface area contributed by atoms with Crippen molar-refractivity contribution in [2.75, 3.05) is 11.1 Å². The topological polar surface area (TPSA) is 106 Å². The third kappa shape index (κ3) is 4.35. The van der Waals surface area contributed by atoms with E-state index in [9.17, 15) is 24.5 Å². The zero-order chi connectivity index (χ0) is 22.7. The Labute approximate surface area is 187 Å². The van der Waals surface area contributed by atoms with E-state index in [4.69, 9.17) is 0 Å². The van der Waals surface area contributed by atoms with Gasteiger partial charge in [0.1, 0.15) is 0 Å². The lowest BCUT2D eigenvalue weighted by atomic mass is 10.1. The minimum absolute atomic E-state index is 0.0115. The summed E-state index contributed by atoms with van der Waals surface area (Å²) in [6, 6.07) is 19.8. The van der Waals surface area contributed by atoms with Gasteiger partial charge in [0.2, 0.25) is 5.91 Å². The molecule has 0 saturated heterocycles. The Bertz CT molecular complexity index is 1250. The van der Waals surface area contributed by atoms with Crippen molar-refractivity contribution >= 4 is 46.7 Å². The van der Waals surface area contributed by atoms with Crippen LogP contribution in [-0.4, -0.2) is 28.1 Å². The molecule has 1 amide bonds. The predicted octanol–water partition coefficient (Wildman–Crippen LogP) is 4.79. The second-order valence-electron chi connectivity index (χ2n) is 6.95. The van der Waals surface area contributed by atoms with E-state index < -0.39 is 16.5 Å². The van der Waals surface area contributed by atoms with Crippen molar-refractivity contribution in [3.05, 3.63) is 105 Å². The van der Waals surface area contributed by atoms with Gasteiger partial charge in [0.05, 0.1) is 21.1 Å². The number of anilines is 1. The smallest absolute Gasteiger partial charge is 0.283 e. The number of nitro benzene ring substituents is 1. The molecule has 7 nitrogen and oxygen atoms in total. The van der Waals surface area contributed by atoms with Gasteiger partial charge in [0.15, 0.2) is 11.6 Å². The number of nitrogens with zero attached hydrogens (tertiary/aromatic N) is 1. The van der Waals surface area contributed by atoms with Crippen molar-refractivity contribution in [3.8, 4) is 0 Å². The molecule has 0 atom stereocenters. The molecule has 0 aliphatic heterocycles. The van der Waals surface area contributed by atoms with Crippen molar-refractivity contribution in [1.29, 1.82) is 0 Å². The zero-order valence-electron chi connectivity index (χ0n) is 16.6. The summed E-state index contributed by atoms with van der Waals surface area (Å²) in [5.41, 5.74) is 1.43. The van der Waals surface area contributed by atoms with E-state index in [2.05, 4.69) is 5.32 Å². The number of fused-ring (bicyclic) bond motifs is 1. The van der Waals surface area contributed by atoms with Crippen LogP contribution >= 0.6 is 11.8 Å². The van der Waals surface area contributed by atoms with Crippen molar-refractivity contribution in [1.82, 2.24) is 0 Å². The molecule has 0 unspecified atom stereocenters. The number of nitrogens with one attached hydrogen (secondary N) is 1. The summed E-state index contributed by atoms with van der Waals surface area (Å²) >= 11 is 1.04. The third-order valence-electron chi connectivity index (χ3n) is 4.81. The maximum Gasteiger partial charge on any atom is 0.283 e. The zero-order valence-corrected chi connectivity index (χ0v) is 17.4. The molecular formula is C24H16N2O5S. The fraction of sp³-hybridized carbons (Fsp3) is 0.0417. The van der Waals surface area contributed by atoms with Crippen molar-refractivity contribution in [3.63, 3.8) is 0 Å². The van der Waals surface area contributed by atoms with Crippen LogP contribution in [0.4, 0.5) is 11.4 Å². The molecule has 32 heavy (non-hydrogen) atoms. The van der Waals surface area contributed by atoms with Crippen LogP contribution in [0.3, 0.4) is 0 Å². The van der Waals surface area contributed by atoms with Gasteiger partial charge < -0.3 is 5.32 Å². The van der Waals surface area contributed by atoms with Crippen LogP contribution in [0.1, 0.15) is 26.3 Å². The van der Waals surface area contributed by atoms with E-state index >= 15 is 0 Å². The Hall–Kier alpha value is -4.04. The first-order valence-electron chi connectivity index (χ1n) is 9.60. The minimum atomic E-state index is -0.549. The number of hydrogen-bond donors (Lipinski definition) is 1. The average Bonchev–Trinajstić information content (AvgIpc) is 3.04. The molecule has 0 spiro atoms. The van der Waals surface area contributed by atoms with Gasteiger partial charge in [-0.05, 0) is 29.8 Å². The predicted molar refractivity (Wildman–Crippen MR) is 122 cm³/mol. The van der Waals surface area contributed by atoms with Gasteiger partial charge >= 0.3 is 0 Å². The van der Waals surface area contributed by atoms with Gasteiger partial charge in [-0.2, -0.15) is 0 Å². The second kappa shape index (κ2) is 8.99. The molecule has 0 fully saturated rings. The molecule has 0 saturated carbocycles. The molecule has 158 valence electrons. The summed E-state index contributed by atoms with van der Waals surface area (Å²) < 4.78 is 0. The largest absolute Gasteiger partial charge is 0.325 e. The molecule has 4 rings (SSSR count). The Kier molecular flexibility index (Phi) is 5.96. The highest BCUT2D eigenvalue weighted by atomic mass is 32.2. The number of carbonyl (C=O) groups excluding carboxylic acids is 3. The highest BCUT2D eigenvalue weighted by Gasteiger charge is 2.32. The fourth-order valence-corrected chi connectivity index (χ4v) is 4.13. The van der Waals surface area contributed by atoms with Gasteiger partial charge in [0.25, 0.3) is 5.69 Å². The van der Waals surface area contributed by atoms with Gasteiger partial charge in [-0.25, -0.2) is 0 Å². The highest BCUT2D eigenvalue weighted by Crippen LogP contribution is 2.33. The SMILES string of the molecule is O=C(CSc1ccc(C=C2C(=O)c3ccccc3C2=O)cc1[N+](=O)[O-])Nc1ccccc1. The van der Waals surface area contributed by atoms with Crippen LogP contribution in [0.15, 0.2) is 83.3 Å².